The molecule has 0 aromatic heterocycles. The van der Waals surface area contributed by atoms with Gasteiger partial charge in [0.1, 0.15) is 5.75 Å². The van der Waals surface area contributed by atoms with Crippen molar-refractivity contribution in [3.8, 4) is 5.75 Å². The topological polar surface area (TPSA) is 70.7 Å². The lowest BCUT2D eigenvalue weighted by Gasteiger charge is -2.18. The normalized spacial score (nSPS) is 10.8. The van der Waals surface area contributed by atoms with E-state index in [9.17, 15) is 9.59 Å². The van der Waals surface area contributed by atoms with Crippen molar-refractivity contribution < 1.29 is 14.3 Å². The van der Waals surface area contributed by atoms with Gasteiger partial charge in [-0.25, -0.2) is 4.79 Å². The van der Waals surface area contributed by atoms with Gasteiger partial charge in [-0.3, -0.25) is 15.0 Å². The summed E-state index contributed by atoms with van der Waals surface area (Å²) in [7, 11) is 3.46. The lowest BCUT2D eigenvalue weighted by atomic mass is 10.1. The van der Waals surface area contributed by atoms with Crippen LogP contribution in [-0.4, -0.2) is 44.1 Å². The van der Waals surface area contributed by atoms with Gasteiger partial charge in [0.25, 0.3) is 0 Å². The van der Waals surface area contributed by atoms with Crippen molar-refractivity contribution in [1.29, 1.82) is 0 Å². The molecule has 0 radical (unpaired) electrons. The molecule has 0 saturated carbocycles. The summed E-state index contributed by atoms with van der Waals surface area (Å²) in [5.74, 6) is 0.974. The van der Waals surface area contributed by atoms with E-state index in [0.717, 1.165) is 23.3 Å². The Kier molecular flexibility index (Phi) is 8.26. The molecule has 0 fully saturated rings. The molecule has 0 heterocycles. The minimum atomic E-state index is -0.442. The van der Waals surface area contributed by atoms with Crippen molar-refractivity contribution in [3.63, 3.8) is 0 Å². The second-order valence-electron chi connectivity index (χ2n) is 6.47. The summed E-state index contributed by atoms with van der Waals surface area (Å²) in [5, 5.41) is 5.03. The lowest BCUT2D eigenvalue weighted by Crippen LogP contribution is -2.44. The fourth-order valence-electron chi connectivity index (χ4n) is 2.31. The van der Waals surface area contributed by atoms with Crippen LogP contribution in [0.15, 0.2) is 18.2 Å². The highest BCUT2D eigenvalue weighted by molar-refractivity contribution is 5.95. The number of hydrogen-bond donors (Lipinski definition) is 2. The van der Waals surface area contributed by atoms with Crippen LogP contribution < -0.4 is 15.4 Å². The number of methoxy groups -OCH3 is 1. The van der Waals surface area contributed by atoms with E-state index in [1.54, 1.807) is 7.11 Å². The smallest absolute Gasteiger partial charge is 0.321 e. The van der Waals surface area contributed by atoms with Crippen LogP contribution in [0.1, 0.15) is 31.4 Å². The number of carbonyl (C=O) groups is 2. The molecule has 1 aromatic carbocycles. The highest BCUT2D eigenvalue weighted by atomic mass is 16.5. The van der Waals surface area contributed by atoms with Crippen LogP contribution in [0.5, 0.6) is 5.75 Å². The molecule has 24 heavy (non-hydrogen) atoms. The van der Waals surface area contributed by atoms with Gasteiger partial charge in [-0.15, -0.1) is 0 Å². The highest BCUT2D eigenvalue weighted by Crippen LogP contribution is 2.20. The molecule has 3 amide bonds. The van der Waals surface area contributed by atoms with Gasteiger partial charge >= 0.3 is 6.03 Å². The van der Waals surface area contributed by atoms with E-state index in [4.69, 9.17) is 4.74 Å². The maximum atomic E-state index is 11.9. The standard InChI is InChI=1S/C18H29N3O3/c1-13(2)8-9-19-18(23)20-17(22)12-21(4)11-15-10-14(3)6-7-16(15)24-5/h6-7,10,13H,8-9,11-12H2,1-5H3,(H2,19,20,22,23). The van der Waals surface area contributed by atoms with Crippen molar-refractivity contribution in [2.24, 2.45) is 5.92 Å². The summed E-state index contributed by atoms with van der Waals surface area (Å²) < 4.78 is 5.34. The fraction of sp³-hybridized carbons (Fsp3) is 0.556. The average Bonchev–Trinajstić information content (AvgIpc) is 2.46. The molecule has 6 heteroatoms. The predicted molar refractivity (Wildman–Crippen MR) is 95.1 cm³/mol. The lowest BCUT2D eigenvalue weighted by molar-refractivity contribution is -0.120. The molecule has 0 saturated heterocycles. The number of likely N-dealkylation sites (N-methyl/N-ethyl adjacent to an activating group) is 1. The van der Waals surface area contributed by atoms with Crippen LogP contribution in [0.4, 0.5) is 4.79 Å². The van der Waals surface area contributed by atoms with Gasteiger partial charge in [0.2, 0.25) is 5.91 Å². The van der Waals surface area contributed by atoms with Gasteiger partial charge in [0.15, 0.2) is 0 Å². The molecule has 2 N–H and O–H groups in total. The highest BCUT2D eigenvalue weighted by Gasteiger charge is 2.12. The first-order valence-corrected chi connectivity index (χ1v) is 8.21. The summed E-state index contributed by atoms with van der Waals surface area (Å²) >= 11 is 0. The summed E-state index contributed by atoms with van der Waals surface area (Å²) in [4.78, 5) is 25.4. The second kappa shape index (κ2) is 9.93. The first-order chi connectivity index (χ1) is 11.3. The predicted octanol–water partition coefficient (Wildman–Crippen LogP) is 2.31. The number of aryl methyl sites for hydroxylation is 1. The number of rotatable bonds is 8. The van der Waals surface area contributed by atoms with Crippen LogP contribution >= 0.6 is 0 Å². The summed E-state index contributed by atoms with van der Waals surface area (Å²) in [6.07, 6.45) is 0.884. The number of hydrogen-bond acceptors (Lipinski definition) is 4. The largest absolute Gasteiger partial charge is 0.496 e. The quantitative estimate of drug-likeness (QED) is 0.765. The van der Waals surface area contributed by atoms with E-state index in [1.165, 1.54) is 0 Å². The minimum Gasteiger partial charge on any atom is -0.496 e. The van der Waals surface area contributed by atoms with Crippen molar-refractivity contribution in [2.75, 3.05) is 27.2 Å². The van der Waals surface area contributed by atoms with E-state index < -0.39 is 6.03 Å². The molecular weight excluding hydrogens is 306 g/mol. The Hall–Kier alpha value is -2.08. The van der Waals surface area contributed by atoms with Gasteiger partial charge < -0.3 is 10.1 Å². The third kappa shape index (κ3) is 7.46. The molecule has 134 valence electrons. The molecule has 6 nitrogen and oxygen atoms in total. The number of benzene rings is 1. The summed E-state index contributed by atoms with van der Waals surface area (Å²) in [6, 6.07) is 5.49. The van der Waals surface area contributed by atoms with Gasteiger partial charge in [-0.2, -0.15) is 0 Å². The third-order valence-electron chi connectivity index (χ3n) is 3.55. The molecule has 0 bridgehead atoms. The van der Waals surface area contributed by atoms with Crippen molar-refractivity contribution in [3.05, 3.63) is 29.3 Å². The molecule has 0 unspecified atom stereocenters. The van der Waals surface area contributed by atoms with Crippen LogP contribution in [0.2, 0.25) is 0 Å². The average molecular weight is 335 g/mol. The van der Waals surface area contributed by atoms with E-state index in [2.05, 4.69) is 24.5 Å². The number of amides is 3. The van der Waals surface area contributed by atoms with E-state index in [1.807, 2.05) is 37.1 Å². The molecule has 0 atom stereocenters. The number of nitrogens with zero attached hydrogens (tertiary/aromatic N) is 1. The fourth-order valence-corrected chi connectivity index (χ4v) is 2.31. The van der Waals surface area contributed by atoms with Crippen LogP contribution in [0.3, 0.4) is 0 Å². The first-order valence-electron chi connectivity index (χ1n) is 8.21. The van der Waals surface area contributed by atoms with Gasteiger partial charge in [0, 0.05) is 18.7 Å². The van der Waals surface area contributed by atoms with E-state index in [-0.39, 0.29) is 12.5 Å². The summed E-state index contributed by atoms with van der Waals surface area (Å²) in [5.41, 5.74) is 2.14. The zero-order valence-electron chi connectivity index (χ0n) is 15.3. The Morgan fingerprint density at radius 3 is 2.62 bits per heavy atom. The van der Waals surface area contributed by atoms with E-state index in [0.29, 0.717) is 19.0 Å². The van der Waals surface area contributed by atoms with Gasteiger partial charge in [0.05, 0.1) is 13.7 Å². The Balaban J connectivity index is 2.44. The Morgan fingerprint density at radius 1 is 1.29 bits per heavy atom. The molecule has 1 aromatic rings. The third-order valence-corrected chi connectivity index (χ3v) is 3.55. The minimum absolute atomic E-state index is 0.134. The Morgan fingerprint density at radius 2 is 2.00 bits per heavy atom. The molecule has 0 aliphatic heterocycles. The number of imide groups is 1. The van der Waals surface area contributed by atoms with Crippen LogP contribution in [0, 0.1) is 12.8 Å². The first kappa shape index (κ1) is 20.0. The van der Waals surface area contributed by atoms with Gasteiger partial charge in [-0.05, 0) is 32.4 Å². The van der Waals surface area contributed by atoms with Crippen LogP contribution in [0.25, 0.3) is 0 Å². The maximum Gasteiger partial charge on any atom is 0.321 e. The summed E-state index contributed by atoms with van der Waals surface area (Å²) in [6.45, 7) is 7.44. The van der Waals surface area contributed by atoms with Crippen molar-refractivity contribution in [1.82, 2.24) is 15.5 Å². The molecule has 1 rings (SSSR count). The maximum absolute atomic E-state index is 11.9. The van der Waals surface area contributed by atoms with Crippen molar-refractivity contribution in [2.45, 2.75) is 33.7 Å². The molecule has 0 aliphatic rings. The SMILES string of the molecule is COc1ccc(C)cc1CN(C)CC(=O)NC(=O)NCCC(C)C. The molecular formula is C18H29N3O3. The van der Waals surface area contributed by atoms with E-state index >= 15 is 0 Å². The zero-order chi connectivity index (χ0) is 18.1. The van der Waals surface area contributed by atoms with Gasteiger partial charge in [-0.1, -0.05) is 31.5 Å². The molecule has 0 spiro atoms. The second-order valence-corrected chi connectivity index (χ2v) is 6.47. The number of carbonyl (C=O) groups excluding carboxylic acids is 2. The van der Waals surface area contributed by atoms with Crippen LogP contribution in [-0.2, 0) is 11.3 Å². The van der Waals surface area contributed by atoms with Crippen molar-refractivity contribution >= 4 is 11.9 Å². The Labute approximate surface area is 144 Å². The number of urea groups is 1. The number of nitrogens with one attached hydrogen (secondary N) is 2. The zero-order valence-corrected chi connectivity index (χ0v) is 15.3. The Bertz CT molecular complexity index is 558. The molecule has 0 aliphatic carbocycles. The monoisotopic (exact) mass is 335 g/mol. The number of ether oxygens (including phenoxy) is 1.